The van der Waals surface area contributed by atoms with Gasteiger partial charge in [0.2, 0.25) is 0 Å². The molecular weight excluding hydrogens is 605 g/mol. The first kappa shape index (κ1) is 35.6. The van der Waals surface area contributed by atoms with Crippen LogP contribution in [0.4, 0.5) is 17.1 Å². The van der Waals surface area contributed by atoms with E-state index in [2.05, 4.69) is 135 Å². The molecule has 0 saturated heterocycles. The number of unbranched alkanes of at least 4 members (excludes halogenated alkanes) is 10. The lowest BCUT2D eigenvalue weighted by Gasteiger charge is -2.33. The van der Waals surface area contributed by atoms with Gasteiger partial charge in [0.15, 0.2) is 0 Å². The Balaban J connectivity index is 1.34. The lowest BCUT2D eigenvalue weighted by atomic mass is 9.70. The average molecular weight is 663 g/mol. The molecule has 50 heavy (non-hydrogen) atoms. The van der Waals surface area contributed by atoms with Gasteiger partial charge in [0.05, 0.1) is 0 Å². The second-order valence-corrected chi connectivity index (χ2v) is 14.9. The predicted molar refractivity (Wildman–Crippen MR) is 216 cm³/mol. The number of rotatable bonds is 18. The second-order valence-electron chi connectivity index (χ2n) is 14.9. The van der Waals surface area contributed by atoms with Crippen LogP contribution < -0.4 is 4.90 Å². The van der Waals surface area contributed by atoms with E-state index in [4.69, 9.17) is 0 Å². The Morgan fingerprint density at radius 3 is 1.52 bits per heavy atom. The maximum Gasteiger partial charge on any atom is 0.0492 e. The summed E-state index contributed by atoms with van der Waals surface area (Å²) in [4.78, 5) is 6.60. The van der Waals surface area contributed by atoms with Crippen LogP contribution in [-0.2, 0) is 5.41 Å². The van der Waals surface area contributed by atoms with Gasteiger partial charge < -0.3 is 4.90 Å². The molecular formula is C48H58N2. The Labute approximate surface area is 303 Å². The summed E-state index contributed by atoms with van der Waals surface area (Å²) in [5.74, 6) is 0. The van der Waals surface area contributed by atoms with Gasteiger partial charge in [-0.3, -0.25) is 4.98 Å². The largest absolute Gasteiger partial charge is 0.310 e. The zero-order valence-corrected chi connectivity index (χ0v) is 31.2. The van der Waals surface area contributed by atoms with Crippen LogP contribution in [-0.4, -0.2) is 4.98 Å². The molecule has 260 valence electrons. The third-order valence-electron chi connectivity index (χ3n) is 11.1. The Morgan fingerprint density at radius 1 is 0.460 bits per heavy atom. The molecule has 1 aliphatic rings. The van der Waals surface area contributed by atoms with Crippen molar-refractivity contribution in [1.82, 2.24) is 4.98 Å². The molecule has 2 heteroatoms. The topological polar surface area (TPSA) is 16.1 Å². The van der Waals surface area contributed by atoms with Gasteiger partial charge in [-0.2, -0.15) is 0 Å². The highest BCUT2D eigenvalue weighted by atomic mass is 15.1. The summed E-state index contributed by atoms with van der Waals surface area (Å²) >= 11 is 0. The van der Waals surface area contributed by atoms with Gasteiger partial charge in [0.1, 0.15) is 0 Å². The van der Waals surface area contributed by atoms with Gasteiger partial charge in [0.25, 0.3) is 0 Å². The molecule has 0 saturated carbocycles. The van der Waals surface area contributed by atoms with Gasteiger partial charge in [-0.1, -0.05) is 157 Å². The number of nitrogens with zero attached hydrogens (tertiary/aromatic N) is 2. The molecule has 1 aromatic heterocycles. The fourth-order valence-corrected chi connectivity index (χ4v) is 8.30. The Kier molecular flexibility index (Phi) is 12.2. The highest BCUT2D eigenvalue weighted by Crippen LogP contribution is 2.55. The molecule has 0 N–H and O–H groups in total. The number of fused-ring (bicyclic) bond motifs is 3. The van der Waals surface area contributed by atoms with Crippen LogP contribution in [0.25, 0.3) is 22.3 Å². The fourth-order valence-electron chi connectivity index (χ4n) is 8.30. The summed E-state index contributed by atoms with van der Waals surface area (Å²) in [7, 11) is 0. The molecule has 1 aliphatic carbocycles. The van der Waals surface area contributed by atoms with Crippen LogP contribution in [0.2, 0.25) is 0 Å². The highest BCUT2D eigenvalue weighted by Gasteiger charge is 2.42. The zero-order valence-electron chi connectivity index (χ0n) is 31.2. The number of anilines is 3. The number of pyridine rings is 1. The van der Waals surface area contributed by atoms with Gasteiger partial charge in [-0.15, -0.1) is 0 Å². The van der Waals surface area contributed by atoms with E-state index >= 15 is 0 Å². The molecule has 6 rings (SSSR count). The standard InChI is InChI=1S/C48H58N2/c1-5-7-9-11-13-15-31-48(32-16-14-12-10-8-6-2)46-35-38(4)19-27-44(46)45-28-22-40(36-47(45)48)39-20-25-42(26-21-39)50(43-29-33-49-34-30-43)41-23-17-37(3)18-24-41/h17-30,33-36H,5-16,31-32H2,1-4H3. The number of hydrogen-bond donors (Lipinski definition) is 0. The normalized spacial score (nSPS) is 12.9. The van der Waals surface area contributed by atoms with E-state index in [1.54, 1.807) is 11.1 Å². The molecule has 0 radical (unpaired) electrons. The number of benzene rings is 4. The van der Waals surface area contributed by atoms with Crippen LogP contribution in [0.15, 0.2) is 109 Å². The number of aryl methyl sites for hydroxylation is 2. The molecule has 0 unspecified atom stereocenters. The summed E-state index contributed by atoms with van der Waals surface area (Å²) in [5.41, 5.74) is 14.8. The summed E-state index contributed by atoms with van der Waals surface area (Å²) < 4.78 is 0. The molecule has 4 aromatic carbocycles. The van der Waals surface area contributed by atoms with Crippen molar-refractivity contribution in [3.63, 3.8) is 0 Å². The second kappa shape index (κ2) is 17.2. The lowest BCUT2D eigenvalue weighted by Crippen LogP contribution is -2.25. The first-order chi connectivity index (χ1) is 24.5. The number of hydrogen-bond acceptors (Lipinski definition) is 2. The monoisotopic (exact) mass is 662 g/mol. The number of aromatic nitrogens is 1. The van der Waals surface area contributed by atoms with Crippen molar-refractivity contribution in [3.05, 3.63) is 132 Å². The third-order valence-corrected chi connectivity index (χ3v) is 11.1. The molecule has 0 amide bonds. The Hall–Kier alpha value is -4.17. The van der Waals surface area contributed by atoms with Gasteiger partial charge in [-0.25, -0.2) is 0 Å². The zero-order chi connectivity index (χ0) is 34.8. The molecule has 1 heterocycles. The maximum atomic E-state index is 4.29. The summed E-state index contributed by atoms with van der Waals surface area (Å²) in [6.45, 7) is 9.05. The van der Waals surface area contributed by atoms with Crippen molar-refractivity contribution in [2.24, 2.45) is 0 Å². The van der Waals surface area contributed by atoms with Crippen molar-refractivity contribution >= 4 is 17.1 Å². The van der Waals surface area contributed by atoms with Crippen LogP contribution in [0.3, 0.4) is 0 Å². The molecule has 2 nitrogen and oxygen atoms in total. The molecule has 0 aliphatic heterocycles. The van der Waals surface area contributed by atoms with E-state index < -0.39 is 0 Å². The third kappa shape index (κ3) is 8.07. The maximum absolute atomic E-state index is 4.29. The minimum atomic E-state index is 0.0890. The SMILES string of the molecule is CCCCCCCCC1(CCCCCCCC)c2cc(C)ccc2-c2ccc(-c3ccc(N(c4ccncc4)c4ccc(C)cc4)cc3)cc21. The van der Waals surface area contributed by atoms with E-state index in [0.29, 0.717) is 0 Å². The smallest absolute Gasteiger partial charge is 0.0492 e. The first-order valence-electron chi connectivity index (χ1n) is 19.7. The van der Waals surface area contributed by atoms with Gasteiger partial charge in [0, 0.05) is 34.9 Å². The quantitative estimate of drug-likeness (QED) is 0.0868. The van der Waals surface area contributed by atoms with Gasteiger partial charge in [-0.05, 0) is 103 Å². The minimum Gasteiger partial charge on any atom is -0.310 e. The predicted octanol–water partition coefficient (Wildman–Crippen LogP) is 14.6. The van der Waals surface area contributed by atoms with Crippen molar-refractivity contribution < 1.29 is 0 Å². The first-order valence-corrected chi connectivity index (χ1v) is 19.7. The lowest BCUT2D eigenvalue weighted by molar-refractivity contribution is 0.398. The van der Waals surface area contributed by atoms with Crippen molar-refractivity contribution in [3.8, 4) is 22.3 Å². The van der Waals surface area contributed by atoms with E-state index in [1.165, 1.54) is 123 Å². The van der Waals surface area contributed by atoms with E-state index in [-0.39, 0.29) is 5.41 Å². The summed E-state index contributed by atoms with van der Waals surface area (Å²) in [6.07, 6.45) is 22.3. The molecule has 0 spiro atoms. The Bertz CT molecular complexity index is 1770. The van der Waals surface area contributed by atoms with Crippen LogP contribution in [0, 0.1) is 13.8 Å². The van der Waals surface area contributed by atoms with Gasteiger partial charge >= 0.3 is 0 Å². The molecule has 0 atom stereocenters. The average Bonchev–Trinajstić information content (AvgIpc) is 3.40. The molecule has 5 aromatic rings. The van der Waals surface area contributed by atoms with Crippen molar-refractivity contribution in [2.75, 3.05) is 4.90 Å². The van der Waals surface area contributed by atoms with E-state index in [9.17, 15) is 0 Å². The minimum absolute atomic E-state index is 0.0890. The van der Waals surface area contributed by atoms with E-state index in [0.717, 1.165) is 17.1 Å². The van der Waals surface area contributed by atoms with Crippen LogP contribution >= 0.6 is 0 Å². The molecule has 0 bridgehead atoms. The van der Waals surface area contributed by atoms with Crippen molar-refractivity contribution in [1.29, 1.82) is 0 Å². The van der Waals surface area contributed by atoms with Crippen LogP contribution in [0.1, 0.15) is 126 Å². The van der Waals surface area contributed by atoms with Crippen LogP contribution in [0.5, 0.6) is 0 Å². The summed E-state index contributed by atoms with van der Waals surface area (Å²) in [6, 6.07) is 36.8. The van der Waals surface area contributed by atoms with Crippen molar-refractivity contribution in [2.45, 2.75) is 123 Å². The highest BCUT2D eigenvalue weighted by molar-refractivity contribution is 5.85. The molecule has 0 fully saturated rings. The summed E-state index contributed by atoms with van der Waals surface area (Å²) in [5, 5.41) is 0. The van der Waals surface area contributed by atoms with E-state index in [1.807, 2.05) is 12.4 Å². The fraction of sp³-hybridized carbons (Fsp3) is 0.396. The Morgan fingerprint density at radius 2 is 0.920 bits per heavy atom.